The highest BCUT2D eigenvalue weighted by atomic mass is 79.9. The van der Waals surface area contributed by atoms with Crippen molar-refractivity contribution >= 4 is 15.9 Å². The fourth-order valence-corrected chi connectivity index (χ4v) is 1.02. The molecule has 4 heteroatoms. The number of hydrazine groups is 1. The van der Waals surface area contributed by atoms with Gasteiger partial charge in [-0.2, -0.15) is 0 Å². The molecule has 0 aliphatic heterocycles. The van der Waals surface area contributed by atoms with E-state index in [0.717, 1.165) is 17.0 Å². The zero-order valence-electron chi connectivity index (χ0n) is 6.60. The first-order chi connectivity index (χ1) is 5.18. The van der Waals surface area contributed by atoms with Crippen molar-refractivity contribution in [2.45, 2.75) is 6.54 Å². The molecule has 1 aromatic heterocycles. The maximum absolute atomic E-state index is 5.26. The minimum atomic E-state index is 0.721. The molecule has 0 fully saturated rings. The van der Waals surface area contributed by atoms with Crippen LogP contribution in [0.4, 0.5) is 0 Å². The van der Waals surface area contributed by atoms with E-state index in [1.807, 2.05) is 31.2 Å². The molecule has 0 atom stereocenters. The van der Waals surface area contributed by atoms with Crippen molar-refractivity contribution in [3.05, 3.63) is 22.6 Å². The summed E-state index contributed by atoms with van der Waals surface area (Å²) in [7, 11) is 3.88. The van der Waals surface area contributed by atoms with E-state index in [1.54, 1.807) is 0 Å². The molecule has 0 saturated heterocycles. The number of hydrogen-bond donors (Lipinski definition) is 1. The maximum Gasteiger partial charge on any atom is 0.169 e. The number of furan rings is 1. The molecule has 0 unspecified atom stereocenters. The maximum atomic E-state index is 5.26. The van der Waals surface area contributed by atoms with Gasteiger partial charge in [0.1, 0.15) is 5.76 Å². The summed E-state index contributed by atoms with van der Waals surface area (Å²) in [5, 5.41) is 1.89. The van der Waals surface area contributed by atoms with Crippen LogP contribution in [-0.4, -0.2) is 19.1 Å². The minimum absolute atomic E-state index is 0.721. The van der Waals surface area contributed by atoms with E-state index >= 15 is 0 Å². The Balaban J connectivity index is 2.39. The van der Waals surface area contributed by atoms with Crippen molar-refractivity contribution < 1.29 is 4.42 Å². The van der Waals surface area contributed by atoms with E-state index < -0.39 is 0 Å². The molecule has 1 rings (SSSR count). The van der Waals surface area contributed by atoms with Gasteiger partial charge in [0.15, 0.2) is 4.67 Å². The summed E-state index contributed by atoms with van der Waals surface area (Å²) >= 11 is 3.23. The predicted octanol–water partition coefficient (Wildman–Crippen LogP) is 1.61. The van der Waals surface area contributed by atoms with Crippen LogP contribution >= 0.6 is 15.9 Å². The monoisotopic (exact) mass is 218 g/mol. The molecule has 1 N–H and O–H groups in total. The van der Waals surface area contributed by atoms with Gasteiger partial charge in [-0.25, -0.2) is 5.43 Å². The quantitative estimate of drug-likeness (QED) is 0.783. The molecule has 0 amide bonds. The van der Waals surface area contributed by atoms with E-state index in [0.29, 0.717) is 0 Å². The summed E-state index contributed by atoms with van der Waals surface area (Å²) in [6, 6.07) is 3.81. The molecule has 0 aromatic carbocycles. The average molecular weight is 219 g/mol. The van der Waals surface area contributed by atoms with Crippen molar-refractivity contribution in [1.82, 2.24) is 10.4 Å². The highest BCUT2D eigenvalue weighted by Crippen LogP contribution is 2.13. The van der Waals surface area contributed by atoms with Crippen LogP contribution in [-0.2, 0) is 6.54 Å². The van der Waals surface area contributed by atoms with Gasteiger partial charge in [0.05, 0.1) is 6.54 Å². The van der Waals surface area contributed by atoms with Crippen LogP contribution < -0.4 is 5.43 Å². The highest BCUT2D eigenvalue weighted by Gasteiger charge is 1.97. The van der Waals surface area contributed by atoms with Crippen LogP contribution in [0.5, 0.6) is 0 Å². The topological polar surface area (TPSA) is 28.4 Å². The number of nitrogens with zero attached hydrogens (tertiary/aromatic N) is 1. The first kappa shape index (κ1) is 8.77. The van der Waals surface area contributed by atoms with Crippen molar-refractivity contribution in [3.8, 4) is 0 Å². The molecule has 0 radical (unpaired) electrons. The lowest BCUT2D eigenvalue weighted by molar-refractivity contribution is 0.270. The second kappa shape index (κ2) is 3.90. The van der Waals surface area contributed by atoms with Crippen LogP contribution in [0.3, 0.4) is 0 Å². The zero-order valence-corrected chi connectivity index (χ0v) is 8.18. The lowest BCUT2D eigenvalue weighted by atomic mass is 10.5. The molecule has 1 aromatic rings. The van der Waals surface area contributed by atoms with Crippen molar-refractivity contribution in [3.63, 3.8) is 0 Å². The summed E-state index contributed by atoms with van der Waals surface area (Å²) in [4.78, 5) is 0. The number of nitrogens with one attached hydrogen (secondary N) is 1. The zero-order chi connectivity index (χ0) is 8.27. The van der Waals surface area contributed by atoms with Crippen LogP contribution in [0, 0.1) is 0 Å². The lowest BCUT2D eigenvalue weighted by Crippen LogP contribution is -2.29. The largest absolute Gasteiger partial charge is 0.453 e. The number of hydrogen-bond acceptors (Lipinski definition) is 3. The fraction of sp³-hybridized carbons (Fsp3) is 0.429. The van der Waals surface area contributed by atoms with Gasteiger partial charge in [-0.15, -0.1) is 0 Å². The molecule has 0 saturated carbocycles. The SMILES string of the molecule is CN(C)NCc1ccc(Br)o1. The van der Waals surface area contributed by atoms with Gasteiger partial charge in [-0.1, -0.05) is 0 Å². The minimum Gasteiger partial charge on any atom is -0.453 e. The molecule has 0 spiro atoms. The summed E-state index contributed by atoms with van der Waals surface area (Å²) < 4.78 is 6.03. The third-order valence-electron chi connectivity index (χ3n) is 1.20. The normalized spacial score (nSPS) is 10.9. The van der Waals surface area contributed by atoms with E-state index in [1.165, 1.54) is 0 Å². The van der Waals surface area contributed by atoms with Gasteiger partial charge >= 0.3 is 0 Å². The average Bonchev–Trinajstić information content (AvgIpc) is 2.31. The van der Waals surface area contributed by atoms with Gasteiger partial charge in [0.25, 0.3) is 0 Å². The molecular formula is C7H11BrN2O. The van der Waals surface area contributed by atoms with Crippen LogP contribution in [0.1, 0.15) is 5.76 Å². The smallest absolute Gasteiger partial charge is 0.169 e. The van der Waals surface area contributed by atoms with Gasteiger partial charge in [-0.05, 0) is 28.1 Å². The third-order valence-corrected chi connectivity index (χ3v) is 1.62. The molecule has 0 aliphatic carbocycles. The molecule has 3 nitrogen and oxygen atoms in total. The Labute approximate surface area is 74.5 Å². The van der Waals surface area contributed by atoms with Crippen molar-refractivity contribution in [2.75, 3.05) is 14.1 Å². The third kappa shape index (κ3) is 3.05. The van der Waals surface area contributed by atoms with E-state index in [2.05, 4.69) is 21.4 Å². The van der Waals surface area contributed by atoms with Gasteiger partial charge in [0.2, 0.25) is 0 Å². The fourth-order valence-electron chi connectivity index (χ4n) is 0.683. The predicted molar refractivity (Wildman–Crippen MR) is 46.9 cm³/mol. The Morgan fingerprint density at radius 1 is 1.55 bits per heavy atom. The second-order valence-electron chi connectivity index (χ2n) is 2.44. The standard InChI is InChI=1S/C7H11BrN2O/c1-10(2)9-5-6-3-4-7(8)11-6/h3-4,9H,5H2,1-2H3. The molecule has 0 aliphatic rings. The van der Waals surface area contributed by atoms with Crippen LogP contribution in [0.2, 0.25) is 0 Å². The van der Waals surface area contributed by atoms with Crippen LogP contribution in [0.25, 0.3) is 0 Å². The highest BCUT2D eigenvalue weighted by molar-refractivity contribution is 9.10. The van der Waals surface area contributed by atoms with Gasteiger partial charge < -0.3 is 4.42 Å². The molecular weight excluding hydrogens is 208 g/mol. The molecule has 62 valence electrons. The lowest BCUT2D eigenvalue weighted by Gasteiger charge is -2.09. The second-order valence-corrected chi connectivity index (χ2v) is 3.22. The summed E-state index contributed by atoms with van der Waals surface area (Å²) in [6.45, 7) is 0.721. The Bertz CT molecular complexity index is 222. The van der Waals surface area contributed by atoms with Crippen LogP contribution in [0.15, 0.2) is 21.2 Å². The van der Waals surface area contributed by atoms with E-state index in [-0.39, 0.29) is 0 Å². The molecule has 1 heterocycles. The summed E-state index contributed by atoms with van der Waals surface area (Å²) in [5.41, 5.74) is 3.09. The van der Waals surface area contributed by atoms with E-state index in [9.17, 15) is 0 Å². The molecule has 11 heavy (non-hydrogen) atoms. The summed E-state index contributed by atoms with van der Waals surface area (Å²) in [5.74, 6) is 0.922. The molecule has 0 bridgehead atoms. The van der Waals surface area contributed by atoms with Gasteiger partial charge in [-0.3, -0.25) is 5.01 Å². The number of rotatable bonds is 3. The Kier molecular flexibility index (Phi) is 3.11. The Morgan fingerprint density at radius 2 is 2.27 bits per heavy atom. The first-order valence-corrected chi connectivity index (χ1v) is 4.13. The summed E-state index contributed by atoms with van der Waals surface area (Å²) in [6.07, 6.45) is 0. The van der Waals surface area contributed by atoms with Crippen molar-refractivity contribution in [1.29, 1.82) is 0 Å². The Hall–Kier alpha value is -0.320. The first-order valence-electron chi connectivity index (χ1n) is 3.33. The van der Waals surface area contributed by atoms with E-state index in [4.69, 9.17) is 4.42 Å². The Morgan fingerprint density at radius 3 is 2.73 bits per heavy atom. The van der Waals surface area contributed by atoms with Gasteiger partial charge in [0, 0.05) is 14.1 Å². The number of halogens is 1. The van der Waals surface area contributed by atoms with Crippen molar-refractivity contribution in [2.24, 2.45) is 0 Å².